The summed E-state index contributed by atoms with van der Waals surface area (Å²) in [6, 6.07) is 4.92. The molecule has 1 aromatic heterocycles. The molecule has 1 saturated heterocycles. The number of carbonyl (C=O) groups is 1. The minimum Gasteiger partial charge on any atom is -0.444 e. The Morgan fingerprint density at radius 1 is 1.20 bits per heavy atom. The van der Waals surface area contributed by atoms with Gasteiger partial charge in [0, 0.05) is 36.3 Å². The number of ether oxygens (including phenoxy) is 1. The van der Waals surface area contributed by atoms with Crippen LogP contribution in [0.3, 0.4) is 0 Å². The lowest BCUT2D eigenvalue weighted by molar-refractivity contribution is 0.0505. The van der Waals surface area contributed by atoms with E-state index in [4.69, 9.17) is 27.9 Å². The molecule has 2 heterocycles. The molecule has 0 spiro atoms. The van der Waals surface area contributed by atoms with Gasteiger partial charge < -0.3 is 15.0 Å². The summed E-state index contributed by atoms with van der Waals surface area (Å²) >= 11 is 12.6. The largest absolute Gasteiger partial charge is 0.444 e. The molecular formula is C27H31Cl2FN4O6S. The number of nitrogens with zero attached hydrogens (tertiary/aromatic N) is 2. The second-order valence-corrected chi connectivity index (χ2v) is 14.0. The van der Waals surface area contributed by atoms with Gasteiger partial charge in [0.25, 0.3) is 5.56 Å². The molecule has 0 aliphatic carbocycles. The van der Waals surface area contributed by atoms with Crippen molar-refractivity contribution in [3.63, 3.8) is 0 Å². The molecule has 4 rings (SSSR count). The molecule has 10 nitrogen and oxygen atoms in total. The molecule has 0 unspecified atom stereocenters. The number of likely N-dealkylation sites (tertiary alicyclic amines) is 1. The highest BCUT2D eigenvalue weighted by Gasteiger charge is 2.28. The number of benzene rings is 2. The Hall–Kier alpha value is -2.93. The normalized spacial score (nSPS) is 16.3. The van der Waals surface area contributed by atoms with Crippen LogP contribution in [0.2, 0.25) is 10.0 Å². The first-order valence-corrected chi connectivity index (χ1v) is 15.4. The van der Waals surface area contributed by atoms with Gasteiger partial charge in [-0.1, -0.05) is 30.1 Å². The SMILES string of the molecule is CCS(=O)(=O)c1ccc(Cl)cc1Cn1c(=O)[nH]c2c(Cl)c(CN3CC[C@H](NC(=O)OC(C)(C)C)C3)c(F)cc2c1=O. The Labute approximate surface area is 246 Å². The van der Waals surface area contributed by atoms with Crippen LogP contribution >= 0.6 is 23.2 Å². The maximum absolute atomic E-state index is 15.3. The monoisotopic (exact) mass is 628 g/mol. The second-order valence-electron chi connectivity index (χ2n) is 10.9. The highest BCUT2D eigenvalue weighted by molar-refractivity contribution is 7.91. The number of fused-ring (bicyclic) bond motifs is 1. The summed E-state index contributed by atoms with van der Waals surface area (Å²) < 4.78 is 46.6. The second kappa shape index (κ2) is 11.7. The van der Waals surface area contributed by atoms with E-state index in [1.165, 1.54) is 25.1 Å². The molecule has 1 aliphatic rings. The van der Waals surface area contributed by atoms with Crippen molar-refractivity contribution in [2.75, 3.05) is 18.8 Å². The number of halogens is 3. The van der Waals surface area contributed by atoms with Crippen LogP contribution in [0.25, 0.3) is 10.9 Å². The molecule has 2 N–H and O–H groups in total. The summed E-state index contributed by atoms with van der Waals surface area (Å²) in [6.45, 7) is 7.43. The summed E-state index contributed by atoms with van der Waals surface area (Å²) in [5.41, 5.74) is -2.09. The zero-order valence-electron chi connectivity index (χ0n) is 23.0. The van der Waals surface area contributed by atoms with E-state index in [0.29, 0.717) is 19.5 Å². The van der Waals surface area contributed by atoms with Gasteiger partial charge in [-0.25, -0.2) is 22.4 Å². The van der Waals surface area contributed by atoms with Gasteiger partial charge in [-0.05, 0) is 57.0 Å². The van der Waals surface area contributed by atoms with Gasteiger partial charge in [0.15, 0.2) is 9.84 Å². The van der Waals surface area contributed by atoms with Gasteiger partial charge in [-0.15, -0.1) is 0 Å². The summed E-state index contributed by atoms with van der Waals surface area (Å²) in [7, 11) is -3.69. The summed E-state index contributed by atoms with van der Waals surface area (Å²) in [6.07, 6.45) is 0.0812. The predicted octanol–water partition coefficient (Wildman–Crippen LogP) is 4.08. The first-order chi connectivity index (χ1) is 19.1. The Balaban J connectivity index is 1.62. The maximum Gasteiger partial charge on any atom is 0.407 e. The van der Waals surface area contributed by atoms with Crippen molar-refractivity contribution in [3.8, 4) is 0 Å². The maximum atomic E-state index is 15.3. The van der Waals surface area contributed by atoms with Crippen LogP contribution in [-0.4, -0.2) is 59.4 Å². The molecule has 1 fully saturated rings. The predicted molar refractivity (Wildman–Crippen MR) is 155 cm³/mol. The summed E-state index contributed by atoms with van der Waals surface area (Å²) in [5, 5.41) is 2.76. The fraction of sp³-hybridized carbons (Fsp3) is 0.444. The highest BCUT2D eigenvalue weighted by atomic mass is 35.5. The van der Waals surface area contributed by atoms with E-state index in [0.717, 1.165) is 10.6 Å². The van der Waals surface area contributed by atoms with Crippen LogP contribution in [0, 0.1) is 5.82 Å². The number of hydrogen-bond acceptors (Lipinski definition) is 7. The van der Waals surface area contributed by atoms with Crippen molar-refractivity contribution >= 4 is 50.0 Å². The molecule has 0 radical (unpaired) electrons. The number of sulfone groups is 1. The zero-order chi connectivity index (χ0) is 30.3. The van der Waals surface area contributed by atoms with Crippen molar-refractivity contribution in [2.45, 2.75) is 63.7 Å². The molecular weight excluding hydrogens is 598 g/mol. The number of rotatable bonds is 7. The van der Waals surface area contributed by atoms with Crippen molar-refractivity contribution in [1.29, 1.82) is 0 Å². The lowest BCUT2D eigenvalue weighted by Gasteiger charge is -2.22. The van der Waals surface area contributed by atoms with Crippen molar-refractivity contribution in [1.82, 2.24) is 19.8 Å². The number of aromatic nitrogens is 2. The van der Waals surface area contributed by atoms with E-state index >= 15 is 4.39 Å². The van der Waals surface area contributed by atoms with E-state index in [9.17, 15) is 22.8 Å². The van der Waals surface area contributed by atoms with Crippen molar-refractivity contribution < 1.29 is 22.3 Å². The van der Waals surface area contributed by atoms with Crippen LogP contribution in [0.15, 0.2) is 38.8 Å². The minimum atomic E-state index is -3.69. The number of amides is 1. The fourth-order valence-electron chi connectivity index (χ4n) is 4.74. The Morgan fingerprint density at radius 2 is 1.90 bits per heavy atom. The van der Waals surface area contributed by atoms with Crippen LogP contribution in [0.4, 0.5) is 9.18 Å². The van der Waals surface area contributed by atoms with Crippen molar-refractivity contribution in [2.24, 2.45) is 0 Å². The highest BCUT2D eigenvalue weighted by Crippen LogP contribution is 2.29. The summed E-state index contributed by atoms with van der Waals surface area (Å²) in [4.78, 5) is 42.9. The Bertz CT molecular complexity index is 1730. The van der Waals surface area contributed by atoms with Gasteiger partial charge in [-0.2, -0.15) is 0 Å². The van der Waals surface area contributed by atoms with Crippen LogP contribution < -0.4 is 16.6 Å². The van der Waals surface area contributed by atoms with E-state index < -0.39 is 45.1 Å². The molecule has 1 amide bonds. The molecule has 0 saturated carbocycles. The molecule has 222 valence electrons. The number of nitrogens with one attached hydrogen (secondary N) is 2. The number of alkyl carbamates (subject to hydrolysis) is 1. The molecule has 0 bridgehead atoms. The zero-order valence-corrected chi connectivity index (χ0v) is 25.3. The van der Waals surface area contributed by atoms with Gasteiger partial charge >= 0.3 is 11.8 Å². The first kappa shape index (κ1) is 31.0. The van der Waals surface area contributed by atoms with Gasteiger partial charge in [-0.3, -0.25) is 14.3 Å². The van der Waals surface area contributed by atoms with E-state index in [-0.39, 0.29) is 55.3 Å². The fourth-order valence-corrected chi connectivity index (χ4v) is 6.35. The topological polar surface area (TPSA) is 131 Å². The molecule has 14 heteroatoms. The lowest BCUT2D eigenvalue weighted by atomic mass is 10.1. The van der Waals surface area contributed by atoms with E-state index in [1.807, 2.05) is 4.90 Å². The van der Waals surface area contributed by atoms with Crippen LogP contribution in [0.5, 0.6) is 0 Å². The van der Waals surface area contributed by atoms with Gasteiger partial charge in [0.1, 0.15) is 11.4 Å². The van der Waals surface area contributed by atoms with Crippen LogP contribution in [-0.2, 0) is 27.7 Å². The van der Waals surface area contributed by atoms with Crippen LogP contribution in [0.1, 0.15) is 45.2 Å². The Morgan fingerprint density at radius 3 is 2.56 bits per heavy atom. The molecule has 2 aromatic carbocycles. The third kappa shape index (κ3) is 6.94. The van der Waals surface area contributed by atoms with Crippen molar-refractivity contribution in [3.05, 3.63) is 72.1 Å². The molecule has 1 aliphatic heterocycles. The third-order valence-electron chi connectivity index (χ3n) is 6.71. The third-order valence-corrected chi connectivity index (χ3v) is 9.19. The number of aromatic amines is 1. The van der Waals surface area contributed by atoms with Gasteiger partial charge in [0.2, 0.25) is 0 Å². The molecule has 41 heavy (non-hydrogen) atoms. The first-order valence-electron chi connectivity index (χ1n) is 13.0. The smallest absolute Gasteiger partial charge is 0.407 e. The average Bonchev–Trinajstić information content (AvgIpc) is 3.30. The molecule has 3 aromatic rings. The lowest BCUT2D eigenvalue weighted by Crippen LogP contribution is -2.40. The van der Waals surface area contributed by atoms with Gasteiger partial charge in [0.05, 0.1) is 33.1 Å². The minimum absolute atomic E-state index is 0.0237. The number of hydrogen-bond donors (Lipinski definition) is 2. The summed E-state index contributed by atoms with van der Waals surface area (Å²) in [5.74, 6) is -0.929. The number of carbonyl (C=O) groups excluding carboxylic acids is 1. The number of H-pyrrole nitrogens is 1. The quantitative estimate of drug-likeness (QED) is 0.403. The molecule has 1 atom stereocenters. The Kier molecular flexibility index (Phi) is 8.89. The van der Waals surface area contributed by atoms with E-state index in [1.54, 1.807) is 20.8 Å². The average molecular weight is 630 g/mol. The standard InChI is InChI=1S/C27H31Cl2FN4O6S/c1-5-41(38,39)21-7-6-16(28)10-15(21)12-34-24(35)18-11-20(30)19(22(29)23(18)32-25(34)36)14-33-9-8-17(13-33)31-26(37)40-27(2,3)4/h6-7,10-11,17H,5,8-9,12-14H2,1-4H3,(H,31,37)(H,32,36)/t17-/m0/s1. The van der Waals surface area contributed by atoms with E-state index in [2.05, 4.69) is 10.3 Å².